The summed E-state index contributed by atoms with van der Waals surface area (Å²) in [5.74, 6) is 0.284. The van der Waals surface area contributed by atoms with E-state index >= 15 is 0 Å². The fraction of sp³-hybridized carbons (Fsp3) is 0.471. The van der Waals surface area contributed by atoms with Crippen molar-refractivity contribution in [3.63, 3.8) is 0 Å². The fourth-order valence-electron chi connectivity index (χ4n) is 2.43. The number of urea groups is 1. The van der Waals surface area contributed by atoms with Crippen LogP contribution in [-0.4, -0.2) is 60.6 Å². The van der Waals surface area contributed by atoms with Gasteiger partial charge in [0.1, 0.15) is 5.60 Å². The monoisotopic (exact) mass is 475 g/mol. The first kappa shape index (κ1) is 22.2. The van der Waals surface area contributed by atoms with Crippen molar-refractivity contribution < 1.29 is 14.7 Å². The average molecular weight is 475 g/mol. The van der Waals surface area contributed by atoms with Gasteiger partial charge in [-0.25, -0.2) is 9.79 Å². The Morgan fingerprint density at radius 2 is 2.00 bits per heavy atom. The van der Waals surface area contributed by atoms with E-state index in [1.807, 2.05) is 37.3 Å². The topological polar surface area (TPSA) is 106 Å². The third-order valence-corrected chi connectivity index (χ3v) is 3.85. The minimum Gasteiger partial charge on any atom is -0.384 e. The van der Waals surface area contributed by atoms with Crippen molar-refractivity contribution >= 4 is 41.9 Å². The molecule has 2 rings (SSSR count). The molecule has 0 aromatic heterocycles. The third kappa shape index (κ3) is 6.13. The second kappa shape index (κ2) is 10.3. The number of aliphatic hydroxyl groups is 1. The van der Waals surface area contributed by atoms with E-state index in [1.54, 1.807) is 6.92 Å². The van der Waals surface area contributed by atoms with Crippen LogP contribution in [0, 0.1) is 0 Å². The van der Waals surface area contributed by atoms with Gasteiger partial charge in [0.2, 0.25) is 5.91 Å². The molecule has 1 unspecified atom stereocenters. The van der Waals surface area contributed by atoms with Gasteiger partial charge in [0.25, 0.3) is 0 Å². The summed E-state index contributed by atoms with van der Waals surface area (Å²) in [5.41, 5.74) is -0.303. The molecule has 9 heteroatoms. The van der Waals surface area contributed by atoms with Crippen molar-refractivity contribution in [2.24, 2.45) is 4.99 Å². The lowest BCUT2D eigenvalue weighted by Crippen LogP contribution is -2.43. The summed E-state index contributed by atoms with van der Waals surface area (Å²) in [7, 11) is 0. The summed E-state index contributed by atoms with van der Waals surface area (Å²) in [6.07, 6.45) is 0. The number of imide groups is 1. The summed E-state index contributed by atoms with van der Waals surface area (Å²) in [6.45, 7) is 5.15. The average Bonchev–Trinajstić information content (AvgIpc) is 2.92. The highest BCUT2D eigenvalue weighted by atomic mass is 127. The number of carbonyl (C=O) groups is 2. The Bertz CT molecular complexity index is 621. The molecule has 1 aliphatic heterocycles. The lowest BCUT2D eigenvalue weighted by molar-refractivity contribution is -0.124. The first-order valence-corrected chi connectivity index (χ1v) is 8.32. The minimum atomic E-state index is -1.09. The predicted molar refractivity (Wildman–Crippen MR) is 111 cm³/mol. The molecule has 144 valence electrons. The van der Waals surface area contributed by atoms with E-state index in [4.69, 9.17) is 0 Å². The Morgan fingerprint density at radius 1 is 1.31 bits per heavy atom. The Hall–Kier alpha value is -1.88. The molecule has 1 fully saturated rings. The molecule has 1 heterocycles. The van der Waals surface area contributed by atoms with E-state index in [9.17, 15) is 14.7 Å². The van der Waals surface area contributed by atoms with Gasteiger partial charge in [-0.15, -0.1) is 24.0 Å². The second-order valence-electron chi connectivity index (χ2n) is 5.97. The number of hydrogen-bond acceptors (Lipinski definition) is 4. The molecule has 4 N–H and O–H groups in total. The molecule has 0 aliphatic carbocycles. The number of hydrogen-bond donors (Lipinski definition) is 4. The summed E-state index contributed by atoms with van der Waals surface area (Å²) in [6, 6.07) is 8.97. The zero-order valence-electron chi connectivity index (χ0n) is 15.0. The van der Waals surface area contributed by atoms with Crippen molar-refractivity contribution in [2.45, 2.75) is 19.4 Å². The highest BCUT2D eigenvalue weighted by molar-refractivity contribution is 14.0. The molecule has 1 saturated heterocycles. The van der Waals surface area contributed by atoms with Crippen LogP contribution in [0.15, 0.2) is 35.3 Å². The first-order chi connectivity index (χ1) is 11.9. The van der Waals surface area contributed by atoms with E-state index < -0.39 is 5.60 Å². The van der Waals surface area contributed by atoms with Crippen molar-refractivity contribution in [2.75, 3.05) is 32.7 Å². The number of carbonyl (C=O) groups excluding carboxylic acids is 2. The van der Waals surface area contributed by atoms with E-state index in [0.717, 1.165) is 10.5 Å². The quantitative estimate of drug-likeness (QED) is 0.200. The van der Waals surface area contributed by atoms with Crippen LogP contribution in [0.4, 0.5) is 4.79 Å². The highest BCUT2D eigenvalue weighted by Gasteiger charge is 2.27. The predicted octanol–water partition coefficient (Wildman–Crippen LogP) is 0.619. The van der Waals surface area contributed by atoms with Crippen molar-refractivity contribution in [1.82, 2.24) is 20.9 Å². The van der Waals surface area contributed by atoms with E-state index in [0.29, 0.717) is 19.0 Å². The maximum Gasteiger partial charge on any atom is 0.324 e. The first-order valence-electron chi connectivity index (χ1n) is 8.32. The van der Waals surface area contributed by atoms with Crippen LogP contribution in [0.1, 0.15) is 19.4 Å². The summed E-state index contributed by atoms with van der Waals surface area (Å²) >= 11 is 0. The summed E-state index contributed by atoms with van der Waals surface area (Å²) < 4.78 is 0. The van der Waals surface area contributed by atoms with Gasteiger partial charge >= 0.3 is 6.03 Å². The number of benzene rings is 1. The SMILES string of the molecule is CCNC(=NCC(C)(O)c1ccccc1)NCCN1C(=O)CNC1=O.I. The lowest BCUT2D eigenvalue weighted by atomic mass is 9.96. The summed E-state index contributed by atoms with van der Waals surface area (Å²) in [4.78, 5) is 28.6. The molecule has 1 aliphatic rings. The Kier molecular flexibility index (Phi) is 8.79. The number of halogens is 1. The van der Waals surface area contributed by atoms with Crippen molar-refractivity contribution in [1.29, 1.82) is 0 Å². The van der Waals surface area contributed by atoms with E-state index in [1.165, 1.54) is 0 Å². The maximum atomic E-state index is 11.5. The van der Waals surface area contributed by atoms with Crippen LogP contribution in [0.2, 0.25) is 0 Å². The third-order valence-electron chi connectivity index (χ3n) is 3.85. The van der Waals surface area contributed by atoms with Crippen LogP contribution < -0.4 is 16.0 Å². The number of rotatable bonds is 7. The standard InChI is InChI=1S/C17H25N5O3.HI/c1-3-18-15(19-9-10-22-14(23)11-20-16(22)24)21-12-17(2,25)13-7-5-4-6-8-13;/h4-8,25H,3,9-12H2,1-2H3,(H,20,24)(H2,18,19,21);1H. The smallest absolute Gasteiger partial charge is 0.324 e. The van der Waals surface area contributed by atoms with Crippen LogP contribution >= 0.6 is 24.0 Å². The number of amides is 3. The van der Waals surface area contributed by atoms with Gasteiger partial charge < -0.3 is 21.1 Å². The van der Waals surface area contributed by atoms with Gasteiger partial charge in [0.15, 0.2) is 5.96 Å². The van der Waals surface area contributed by atoms with Crippen LogP contribution in [-0.2, 0) is 10.4 Å². The van der Waals surface area contributed by atoms with Crippen LogP contribution in [0.5, 0.6) is 0 Å². The number of nitrogens with zero attached hydrogens (tertiary/aromatic N) is 2. The van der Waals surface area contributed by atoms with Gasteiger partial charge in [0, 0.05) is 19.6 Å². The lowest BCUT2D eigenvalue weighted by Gasteiger charge is -2.22. The molecule has 0 saturated carbocycles. The normalized spacial score (nSPS) is 16.6. The zero-order chi connectivity index (χ0) is 18.3. The molecule has 3 amide bonds. The number of aliphatic imine (C=N–C) groups is 1. The molecular formula is C17H26IN5O3. The van der Waals surface area contributed by atoms with Gasteiger partial charge in [0.05, 0.1) is 13.1 Å². The molecule has 0 spiro atoms. The molecule has 8 nitrogen and oxygen atoms in total. The zero-order valence-corrected chi connectivity index (χ0v) is 17.3. The van der Waals surface area contributed by atoms with E-state index in [2.05, 4.69) is 20.9 Å². The van der Waals surface area contributed by atoms with Gasteiger partial charge in [-0.3, -0.25) is 9.69 Å². The molecular weight excluding hydrogens is 449 g/mol. The maximum absolute atomic E-state index is 11.5. The fourth-order valence-corrected chi connectivity index (χ4v) is 2.43. The molecule has 0 radical (unpaired) electrons. The Morgan fingerprint density at radius 3 is 2.58 bits per heavy atom. The number of nitrogens with one attached hydrogen (secondary N) is 3. The van der Waals surface area contributed by atoms with Crippen LogP contribution in [0.3, 0.4) is 0 Å². The van der Waals surface area contributed by atoms with Gasteiger partial charge in [-0.1, -0.05) is 30.3 Å². The van der Waals surface area contributed by atoms with E-state index in [-0.39, 0.29) is 55.5 Å². The van der Waals surface area contributed by atoms with Gasteiger partial charge in [-0.05, 0) is 19.4 Å². The molecule has 26 heavy (non-hydrogen) atoms. The molecule has 1 atom stereocenters. The Labute approximate surface area is 170 Å². The second-order valence-corrected chi connectivity index (χ2v) is 5.97. The molecule has 1 aromatic rings. The molecule has 1 aromatic carbocycles. The minimum absolute atomic E-state index is 0. The van der Waals surface area contributed by atoms with Gasteiger partial charge in [-0.2, -0.15) is 0 Å². The summed E-state index contributed by atoms with van der Waals surface area (Å²) in [5, 5.41) is 19.2. The molecule has 0 bridgehead atoms. The number of guanidine groups is 1. The Balaban J connectivity index is 0.00000338. The van der Waals surface area contributed by atoms with Crippen molar-refractivity contribution in [3.05, 3.63) is 35.9 Å². The van der Waals surface area contributed by atoms with Crippen LogP contribution in [0.25, 0.3) is 0 Å². The largest absolute Gasteiger partial charge is 0.384 e. The van der Waals surface area contributed by atoms with Crippen molar-refractivity contribution in [3.8, 4) is 0 Å². The highest BCUT2D eigenvalue weighted by Crippen LogP contribution is 2.20.